The van der Waals surface area contributed by atoms with Crippen molar-refractivity contribution in [1.29, 1.82) is 0 Å². The molecule has 4 nitrogen and oxygen atoms in total. The molecule has 3 unspecified atom stereocenters. The van der Waals surface area contributed by atoms with E-state index < -0.39 is 11.0 Å². The van der Waals surface area contributed by atoms with Gasteiger partial charge in [-0.1, -0.05) is 19.9 Å². The van der Waals surface area contributed by atoms with Crippen LogP contribution in [0.3, 0.4) is 0 Å². The number of rotatable bonds is 2. The predicted octanol–water partition coefficient (Wildman–Crippen LogP) is 2.61. The molecule has 5 heteroatoms. The highest BCUT2D eigenvalue weighted by Gasteiger charge is 2.70. The molecule has 1 saturated heterocycles. The molecular formula is C17H23FN2O2. The zero-order valence-corrected chi connectivity index (χ0v) is 13.3. The summed E-state index contributed by atoms with van der Waals surface area (Å²) in [6.07, 6.45) is 1.83. The maximum atomic E-state index is 13.6. The van der Waals surface area contributed by atoms with Crippen LogP contribution < -0.4 is 11.1 Å². The summed E-state index contributed by atoms with van der Waals surface area (Å²) in [6.45, 7) is 6.35. The Labute approximate surface area is 130 Å². The van der Waals surface area contributed by atoms with E-state index in [-0.39, 0.29) is 23.7 Å². The third-order valence-electron chi connectivity index (χ3n) is 5.49. The summed E-state index contributed by atoms with van der Waals surface area (Å²) in [5.41, 5.74) is 6.07. The van der Waals surface area contributed by atoms with Crippen molar-refractivity contribution in [3.63, 3.8) is 0 Å². The number of benzene rings is 1. The van der Waals surface area contributed by atoms with Crippen molar-refractivity contribution in [2.24, 2.45) is 17.1 Å². The van der Waals surface area contributed by atoms with Gasteiger partial charge in [-0.15, -0.1) is 0 Å². The summed E-state index contributed by atoms with van der Waals surface area (Å²) in [7, 11) is 0. The van der Waals surface area contributed by atoms with Crippen LogP contribution in [0.25, 0.3) is 0 Å². The SMILES string of the molecule is Cc1ccc(NC(=O)C2(N)C3CCCOC3C2(C)C)cc1F. The molecule has 1 saturated carbocycles. The Kier molecular flexibility index (Phi) is 3.53. The van der Waals surface area contributed by atoms with E-state index in [0.717, 1.165) is 19.4 Å². The van der Waals surface area contributed by atoms with Gasteiger partial charge in [-0.25, -0.2) is 4.39 Å². The first kappa shape index (κ1) is 15.4. The third kappa shape index (κ3) is 1.99. The quantitative estimate of drug-likeness (QED) is 0.883. The molecule has 120 valence electrons. The first-order valence-corrected chi connectivity index (χ1v) is 7.76. The van der Waals surface area contributed by atoms with Gasteiger partial charge in [0.2, 0.25) is 5.91 Å². The van der Waals surface area contributed by atoms with Crippen molar-refractivity contribution in [2.75, 3.05) is 11.9 Å². The van der Waals surface area contributed by atoms with Crippen molar-refractivity contribution < 1.29 is 13.9 Å². The number of nitrogens with one attached hydrogen (secondary N) is 1. The summed E-state index contributed by atoms with van der Waals surface area (Å²) in [5.74, 6) is -0.574. The lowest BCUT2D eigenvalue weighted by Gasteiger charge is -2.65. The van der Waals surface area contributed by atoms with Gasteiger partial charge in [0.05, 0.1) is 6.10 Å². The van der Waals surface area contributed by atoms with Crippen LogP contribution in [0, 0.1) is 24.1 Å². The minimum atomic E-state index is -0.987. The number of amides is 1. The van der Waals surface area contributed by atoms with Crippen LogP contribution in [0.5, 0.6) is 0 Å². The van der Waals surface area contributed by atoms with E-state index in [1.54, 1.807) is 19.1 Å². The maximum Gasteiger partial charge on any atom is 0.245 e. The lowest BCUT2D eigenvalue weighted by molar-refractivity contribution is -0.222. The van der Waals surface area contributed by atoms with E-state index >= 15 is 0 Å². The van der Waals surface area contributed by atoms with Crippen LogP contribution in [-0.4, -0.2) is 24.2 Å². The summed E-state index contributed by atoms with van der Waals surface area (Å²) >= 11 is 0. The minimum Gasteiger partial charge on any atom is -0.377 e. The first-order valence-electron chi connectivity index (χ1n) is 7.76. The normalized spacial score (nSPS) is 32.8. The Morgan fingerprint density at radius 3 is 2.86 bits per heavy atom. The molecule has 0 spiro atoms. The smallest absolute Gasteiger partial charge is 0.245 e. The molecule has 22 heavy (non-hydrogen) atoms. The number of carbonyl (C=O) groups excluding carboxylic acids is 1. The fourth-order valence-electron chi connectivity index (χ4n) is 3.94. The lowest BCUT2D eigenvalue weighted by atomic mass is 9.46. The number of anilines is 1. The van der Waals surface area contributed by atoms with Crippen molar-refractivity contribution in [3.05, 3.63) is 29.6 Å². The lowest BCUT2D eigenvalue weighted by Crippen LogP contribution is -2.81. The Balaban J connectivity index is 1.83. The Morgan fingerprint density at radius 1 is 1.45 bits per heavy atom. The zero-order chi connectivity index (χ0) is 16.1. The highest BCUT2D eigenvalue weighted by Crippen LogP contribution is 2.57. The van der Waals surface area contributed by atoms with E-state index in [4.69, 9.17) is 10.5 Å². The van der Waals surface area contributed by atoms with Crippen molar-refractivity contribution in [2.45, 2.75) is 45.3 Å². The molecule has 0 bridgehead atoms. The average molecular weight is 306 g/mol. The molecule has 0 aromatic heterocycles. The van der Waals surface area contributed by atoms with Gasteiger partial charge in [0, 0.05) is 23.6 Å². The summed E-state index contributed by atoms with van der Waals surface area (Å²) in [6, 6.07) is 4.67. The second-order valence-electron chi connectivity index (χ2n) is 7.05. The monoisotopic (exact) mass is 306 g/mol. The van der Waals surface area contributed by atoms with Gasteiger partial charge in [0.15, 0.2) is 0 Å². The highest BCUT2D eigenvalue weighted by atomic mass is 19.1. The zero-order valence-electron chi connectivity index (χ0n) is 13.3. The van der Waals surface area contributed by atoms with Crippen LogP contribution in [-0.2, 0) is 9.53 Å². The van der Waals surface area contributed by atoms with Crippen LogP contribution in [0.2, 0.25) is 0 Å². The summed E-state index contributed by atoms with van der Waals surface area (Å²) in [4.78, 5) is 12.8. The molecular weight excluding hydrogens is 283 g/mol. The molecule has 1 aromatic carbocycles. The number of halogens is 1. The molecule has 3 N–H and O–H groups in total. The number of hydrogen-bond acceptors (Lipinski definition) is 3. The Bertz CT molecular complexity index is 617. The van der Waals surface area contributed by atoms with Crippen LogP contribution in [0.1, 0.15) is 32.3 Å². The molecule has 3 atom stereocenters. The third-order valence-corrected chi connectivity index (χ3v) is 5.49. The molecule has 3 rings (SSSR count). The minimum absolute atomic E-state index is 0.0199. The molecule has 1 heterocycles. The number of nitrogens with two attached hydrogens (primary N) is 1. The van der Waals surface area contributed by atoms with Gasteiger partial charge in [0.25, 0.3) is 0 Å². The van der Waals surface area contributed by atoms with Gasteiger partial charge < -0.3 is 15.8 Å². The van der Waals surface area contributed by atoms with Crippen LogP contribution >= 0.6 is 0 Å². The molecule has 2 fully saturated rings. The number of fused-ring (bicyclic) bond motifs is 1. The van der Waals surface area contributed by atoms with E-state index in [0.29, 0.717) is 11.3 Å². The molecule has 2 aliphatic rings. The van der Waals surface area contributed by atoms with Crippen LogP contribution in [0.15, 0.2) is 18.2 Å². The highest BCUT2D eigenvalue weighted by molar-refractivity contribution is 6.00. The molecule has 1 aliphatic carbocycles. The molecule has 1 amide bonds. The second-order valence-corrected chi connectivity index (χ2v) is 7.05. The number of aryl methyl sites for hydroxylation is 1. The van der Waals surface area contributed by atoms with Gasteiger partial charge in [-0.2, -0.15) is 0 Å². The average Bonchev–Trinajstić information content (AvgIpc) is 2.50. The predicted molar refractivity (Wildman–Crippen MR) is 82.9 cm³/mol. The summed E-state index contributed by atoms with van der Waals surface area (Å²) < 4.78 is 19.4. The van der Waals surface area contributed by atoms with Gasteiger partial charge in [0.1, 0.15) is 11.4 Å². The van der Waals surface area contributed by atoms with Crippen molar-refractivity contribution >= 4 is 11.6 Å². The van der Waals surface area contributed by atoms with Gasteiger partial charge in [-0.3, -0.25) is 4.79 Å². The largest absolute Gasteiger partial charge is 0.377 e. The Hall–Kier alpha value is -1.46. The van der Waals surface area contributed by atoms with E-state index in [1.807, 2.05) is 13.8 Å². The fraction of sp³-hybridized carbons (Fsp3) is 0.588. The van der Waals surface area contributed by atoms with E-state index in [2.05, 4.69) is 5.32 Å². The fourth-order valence-corrected chi connectivity index (χ4v) is 3.94. The maximum absolute atomic E-state index is 13.6. The first-order chi connectivity index (χ1) is 10.3. The standard InChI is InChI=1S/C17H23FN2O2/c1-10-6-7-11(9-13(10)18)20-15(21)17(19)12-5-4-8-22-14(12)16(17,2)3/h6-7,9,12,14H,4-5,8,19H2,1-3H3,(H,20,21). The second kappa shape index (κ2) is 5.03. The molecule has 1 aliphatic heterocycles. The van der Waals surface area contributed by atoms with Crippen LogP contribution in [0.4, 0.5) is 10.1 Å². The summed E-state index contributed by atoms with van der Waals surface area (Å²) in [5, 5.41) is 2.78. The van der Waals surface area contributed by atoms with Gasteiger partial charge in [-0.05, 0) is 37.5 Å². The van der Waals surface area contributed by atoms with Crippen molar-refractivity contribution in [3.8, 4) is 0 Å². The van der Waals surface area contributed by atoms with Gasteiger partial charge >= 0.3 is 0 Å². The number of carbonyl (C=O) groups is 1. The number of hydrogen-bond donors (Lipinski definition) is 2. The van der Waals surface area contributed by atoms with E-state index in [9.17, 15) is 9.18 Å². The topological polar surface area (TPSA) is 64.4 Å². The molecule has 0 radical (unpaired) electrons. The Morgan fingerprint density at radius 2 is 2.18 bits per heavy atom. The van der Waals surface area contributed by atoms with Crippen molar-refractivity contribution in [1.82, 2.24) is 0 Å². The van der Waals surface area contributed by atoms with E-state index in [1.165, 1.54) is 6.07 Å². The molecule has 1 aromatic rings. The number of ether oxygens (including phenoxy) is 1.